The highest BCUT2D eigenvalue weighted by molar-refractivity contribution is 7.88. The van der Waals surface area contributed by atoms with Crippen molar-refractivity contribution in [1.82, 2.24) is 15.4 Å². The molecule has 1 heterocycles. The Kier molecular flexibility index (Phi) is 4.52. The Balaban J connectivity index is 2.52. The van der Waals surface area contributed by atoms with Gasteiger partial charge in [0, 0.05) is 30.7 Å². The van der Waals surface area contributed by atoms with Gasteiger partial charge in [-0.2, -0.15) is 0 Å². The maximum Gasteiger partial charge on any atom is 0.247 e. The number of carbonyl (C=O) groups is 1. The van der Waals surface area contributed by atoms with Crippen molar-refractivity contribution in [3.63, 3.8) is 0 Å². The van der Waals surface area contributed by atoms with Crippen molar-refractivity contribution in [3.8, 4) is 0 Å². The van der Waals surface area contributed by atoms with Gasteiger partial charge < -0.3 is 10.6 Å². The summed E-state index contributed by atoms with van der Waals surface area (Å²) in [4.78, 5) is 11.8. The molecule has 1 aliphatic heterocycles. The van der Waals surface area contributed by atoms with E-state index in [1.165, 1.54) is 0 Å². The molecular weight excluding hydrogens is 254 g/mol. The summed E-state index contributed by atoms with van der Waals surface area (Å²) in [7, 11) is -3.28. The molecule has 0 saturated carbocycles. The molecule has 3 N–H and O–H groups in total. The van der Waals surface area contributed by atoms with Gasteiger partial charge in [-0.05, 0) is 26.3 Å². The van der Waals surface area contributed by atoms with E-state index < -0.39 is 15.6 Å². The third-order valence-electron chi connectivity index (χ3n) is 2.70. The third-order valence-corrected chi connectivity index (χ3v) is 3.62. The smallest absolute Gasteiger partial charge is 0.247 e. The minimum absolute atomic E-state index is 0.144. The van der Waals surface area contributed by atoms with Gasteiger partial charge in [-0.15, -0.1) is 0 Å². The van der Waals surface area contributed by atoms with E-state index in [1.54, 1.807) is 20.8 Å². The monoisotopic (exact) mass is 275 g/mol. The summed E-state index contributed by atoms with van der Waals surface area (Å²) in [6, 6.07) is 0. The fourth-order valence-electron chi connectivity index (χ4n) is 1.65. The number of rotatable bonds is 5. The van der Waals surface area contributed by atoms with Crippen LogP contribution in [0.3, 0.4) is 0 Å². The van der Waals surface area contributed by atoms with Crippen molar-refractivity contribution in [2.24, 2.45) is 0 Å². The number of carbonyl (C=O) groups excluding carboxylic acids is 1. The van der Waals surface area contributed by atoms with Crippen LogP contribution in [-0.4, -0.2) is 45.8 Å². The minimum Gasteiger partial charge on any atom is -0.350 e. The summed E-state index contributed by atoms with van der Waals surface area (Å²) in [5, 5.41) is 5.81. The first-order valence-electron chi connectivity index (χ1n) is 5.77. The molecule has 1 saturated heterocycles. The summed E-state index contributed by atoms with van der Waals surface area (Å²) in [5.74, 6) is -0.144. The van der Waals surface area contributed by atoms with Crippen LogP contribution >= 0.6 is 0 Å². The Morgan fingerprint density at radius 1 is 1.39 bits per heavy atom. The number of amides is 1. The summed E-state index contributed by atoms with van der Waals surface area (Å²) < 4.78 is 24.8. The molecule has 1 amide bonds. The van der Waals surface area contributed by atoms with Crippen LogP contribution in [0.15, 0.2) is 11.1 Å². The van der Waals surface area contributed by atoms with Crippen molar-refractivity contribution >= 4 is 15.9 Å². The molecule has 1 rings (SSSR count). The van der Waals surface area contributed by atoms with Gasteiger partial charge in [0.15, 0.2) is 0 Å². The van der Waals surface area contributed by atoms with Gasteiger partial charge in [-0.25, -0.2) is 13.1 Å². The van der Waals surface area contributed by atoms with Crippen LogP contribution in [0.25, 0.3) is 0 Å². The van der Waals surface area contributed by atoms with Crippen molar-refractivity contribution in [2.45, 2.75) is 26.3 Å². The molecule has 0 bridgehead atoms. The second kappa shape index (κ2) is 5.38. The second-order valence-corrected chi connectivity index (χ2v) is 7.02. The molecule has 104 valence electrons. The molecule has 0 aromatic heterocycles. The number of nitrogens with one attached hydrogen (secondary N) is 3. The molecule has 0 aromatic carbocycles. The number of sulfonamides is 1. The predicted molar refractivity (Wildman–Crippen MR) is 70.6 cm³/mol. The van der Waals surface area contributed by atoms with Gasteiger partial charge in [-0.3, -0.25) is 4.79 Å². The third kappa shape index (κ3) is 4.75. The standard InChI is InChI=1S/C11H21N3O3S/c1-8(9-5-12-6-9)10(15)13-7-11(2,3)14-18(4,16)17/h12,14H,5-7H2,1-4H3,(H,13,15). The number of hydrogen-bond acceptors (Lipinski definition) is 4. The van der Waals surface area contributed by atoms with E-state index in [0.717, 1.165) is 24.9 Å². The summed E-state index contributed by atoms with van der Waals surface area (Å²) >= 11 is 0. The molecule has 0 unspecified atom stereocenters. The van der Waals surface area contributed by atoms with E-state index in [4.69, 9.17) is 0 Å². The highest BCUT2D eigenvalue weighted by Gasteiger charge is 2.24. The fourth-order valence-corrected chi connectivity index (χ4v) is 2.72. The molecular formula is C11H21N3O3S. The van der Waals surface area contributed by atoms with Crippen LogP contribution in [0.4, 0.5) is 0 Å². The fraction of sp³-hybridized carbons (Fsp3) is 0.727. The van der Waals surface area contributed by atoms with Gasteiger partial charge in [0.05, 0.1) is 6.26 Å². The highest BCUT2D eigenvalue weighted by Crippen LogP contribution is 2.09. The lowest BCUT2D eigenvalue weighted by atomic mass is 10.0. The molecule has 0 atom stereocenters. The van der Waals surface area contributed by atoms with Crippen LogP contribution in [0.5, 0.6) is 0 Å². The summed E-state index contributed by atoms with van der Waals surface area (Å²) in [6.45, 7) is 6.98. The van der Waals surface area contributed by atoms with Crippen LogP contribution < -0.4 is 15.4 Å². The Hall–Kier alpha value is -0.920. The van der Waals surface area contributed by atoms with E-state index in [0.29, 0.717) is 5.57 Å². The lowest BCUT2D eigenvalue weighted by Crippen LogP contribution is -2.51. The highest BCUT2D eigenvalue weighted by atomic mass is 32.2. The largest absolute Gasteiger partial charge is 0.350 e. The lowest BCUT2D eigenvalue weighted by molar-refractivity contribution is -0.117. The van der Waals surface area contributed by atoms with E-state index >= 15 is 0 Å². The van der Waals surface area contributed by atoms with Gasteiger partial charge in [0.2, 0.25) is 15.9 Å². The first kappa shape index (κ1) is 15.1. The van der Waals surface area contributed by atoms with Crippen LogP contribution in [0.1, 0.15) is 20.8 Å². The zero-order chi connectivity index (χ0) is 14.0. The van der Waals surface area contributed by atoms with Gasteiger partial charge in [0.25, 0.3) is 0 Å². The topological polar surface area (TPSA) is 87.3 Å². The Labute approximate surface area is 108 Å². The van der Waals surface area contributed by atoms with Crippen molar-refractivity contribution in [2.75, 3.05) is 25.9 Å². The average Bonchev–Trinajstić information content (AvgIpc) is 2.07. The average molecular weight is 275 g/mol. The Morgan fingerprint density at radius 3 is 2.33 bits per heavy atom. The predicted octanol–water partition coefficient (Wildman–Crippen LogP) is -0.650. The van der Waals surface area contributed by atoms with Gasteiger partial charge >= 0.3 is 0 Å². The maximum absolute atomic E-state index is 11.8. The van der Waals surface area contributed by atoms with E-state index in [-0.39, 0.29) is 12.5 Å². The maximum atomic E-state index is 11.8. The van der Waals surface area contributed by atoms with Crippen molar-refractivity contribution in [1.29, 1.82) is 0 Å². The van der Waals surface area contributed by atoms with E-state index in [2.05, 4.69) is 15.4 Å². The zero-order valence-electron chi connectivity index (χ0n) is 11.3. The lowest BCUT2D eigenvalue weighted by Gasteiger charge is -2.26. The zero-order valence-corrected chi connectivity index (χ0v) is 12.1. The molecule has 0 aliphatic carbocycles. The second-order valence-electron chi connectivity index (χ2n) is 5.27. The molecule has 0 aromatic rings. The van der Waals surface area contributed by atoms with E-state index in [1.807, 2.05) is 0 Å². The van der Waals surface area contributed by atoms with Crippen LogP contribution in [0, 0.1) is 0 Å². The molecule has 0 spiro atoms. The minimum atomic E-state index is -3.28. The quantitative estimate of drug-likeness (QED) is 0.582. The van der Waals surface area contributed by atoms with Gasteiger partial charge in [-0.1, -0.05) is 0 Å². The summed E-state index contributed by atoms with van der Waals surface area (Å²) in [5.41, 5.74) is 1.11. The first-order valence-corrected chi connectivity index (χ1v) is 7.66. The first-order chi connectivity index (χ1) is 8.11. The normalized spacial score (nSPS) is 16.1. The van der Waals surface area contributed by atoms with Crippen LogP contribution in [-0.2, 0) is 14.8 Å². The number of hydrogen-bond donors (Lipinski definition) is 3. The molecule has 1 aliphatic rings. The Morgan fingerprint density at radius 2 is 1.94 bits per heavy atom. The summed E-state index contributed by atoms with van der Waals surface area (Å²) in [6.07, 6.45) is 1.10. The molecule has 18 heavy (non-hydrogen) atoms. The Bertz CT molecular complexity index is 460. The van der Waals surface area contributed by atoms with Crippen LogP contribution in [0.2, 0.25) is 0 Å². The van der Waals surface area contributed by atoms with Gasteiger partial charge in [0.1, 0.15) is 0 Å². The molecule has 7 heteroatoms. The van der Waals surface area contributed by atoms with Crippen molar-refractivity contribution in [3.05, 3.63) is 11.1 Å². The molecule has 6 nitrogen and oxygen atoms in total. The van der Waals surface area contributed by atoms with E-state index in [9.17, 15) is 13.2 Å². The SMILES string of the molecule is CC(C(=O)NCC(C)(C)NS(C)(=O)=O)=C1CNC1. The molecule has 0 radical (unpaired) electrons. The molecule has 1 fully saturated rings. The van der Waals surface area contributed by atoms with Crippen molar-refractivity contribution < 1.29 is 13.2 Å².